The molecule has 2 aliphatic rings. The molecular weight excluding hydrogens is 361 g/mol. The molecule has 1 aromatic carbocycles. The predicted octanol–water partition coefficient (Wildman–Crippen LogP) is 4.10. The van der Waals surface area contributed by atoms with E-state index in [1.165, 1.54) is 52.0 Å². The molecule has 2 aromatic rings. The fourth-order valence-corrected chi connectivity index (χ4v) is 3.86. The maximum atomic E-state index is 4.97. The fourth-order valence-electron chi connectivity index (χ4n) is 3.50. The summed E-state index contributed by atoms with van der Waals surface area (Å²) in [5.41, 5.74) is 4.00. The van der Waals surface area contributed by atoms with Crippen LogP contribution in [0.5, 0.6) is 0 Å². The van der Waals surface area contributed by atoms with E-state index in [1.54, 1.807) is 0 Å². The molecule has 1 aliphatic carbocycles. The summed E-state index contributed by atoms with van der Waals surface area (Å²) >= 11 is 2.34. The van der Waals surface area contributed by atoms with E-state index in [0.29, 0.717) is 5.92 Å². The summed E-state index contributed by atoms with van der Waals surface area (Å²) in [5.74, 6) is 1.92. The summed E-state index contributed by atoms with van der Waals surface area (Å²) < 4.78 is 3.38. The lowest BCUT2D eigenvalue weighted by molar-refractivity contribution is 0.670. The van der Waals surface area contributed by atoms with E-state index in [2.05, 4.69) is 56.9 Å². The molecule has 0 atom stereocenters. The molecule has 1 fully saturated rings. The van der Waals surface area contributed by atoms with Gasteiger partial charge in [-0.15, -0.1) is 0 Å². The average molecular weight is 379 g/mol. The number of nitrogens with zero attached hydrogens (tertiary/aromatic N) is 2. The minimum absolute atomic E-state index is 0.689. The second kappa shape index (κ2) is 5.06. The molecule has 3 nitrogen and oxygen atoms in total. The Kier molecular flexibility index (Phi) is 3.21. The van der Waals surface area contributed by atoms with Crippen molar-refractivity contribution in [3.63, 3.8) is 0 Å². The summed E-state index contributed by atoms with van der Waals surface area (Å²) in [4.78, 5) is 0. The Labute approximate surface area is 132 Å². The van der Waals surface area contributed by atoms with Crippen molar-refractivity contribution in [3.8, 4) is 5.69 Å². The molecule has 0 unspecified atom stereocenters. The molecule has 0 saturated heterocycles. The lowest BCUT2D eigenvalue weighted by Gasteiger charge is -2.08. The van der Waals surface area contributed by atoms with Crippen molar-refractivity contribution in [1.82, 2.24) is 9.78 Å². The highest BCUT2D eigenvalue weighted by atomic mass is 127. The van der Waals surface area contributed by atoms with E-state index in [0.717, 1.165) is 13.0 Å². The predicted molar refractivity (Wildman–Crippen MR) is 89.7 cm³/mol. The number of nitrogens with one attached hydrogen (secondary N) is 1. The first kappa shape index (κ1) is 12.7. The summed E-state index contributed by atoms with van der Waals surface area (Å²) in [6.45, 7) is 1.05. The third-order valence-electron chi connectivity index (χ3n) is 4.50. The van der Waals surface area contributed by atoms with Crippen LogP contribution in [-0.2, 0) is 6.42 Å². The van der Waals surface area contributed by atoms with Gasteiger partial charge in [-0.3, -0.25) is 0 Å². The summed E-state index contributed by atoms with van der Waals surface area (Å²) in [6.07, 6.45) is 6.49. The monoisotopic (exact) mass is 379 g/mol. The van der Waals surface area contributed by atoms with Gasteiger partial charge in [-0.2, -0.15) is 5.10 Å². The zero-order valence-electron chi connectivity index (χ0n) is 11.4. The molecule has 1 saturated carbocycles. The molecule has 4 rings (SSSR count). The van der Waals surface area contributed by atoms with E-state index in [1.807, 2.05) is 0 Å². The van der Waals surface area contributed by atoms with Gasteiger partial charge in [0.25, 0.3) is 0 Å². The van der Waals surface area contributed by atoms with Crippen LogP contribution in [0.2, 0.25) is 0 Å². The van der Waals surface area contributed by atoms with E-state index in [9.17, 15) is 0 Å². The van der Waals surface area contributed by atoms with Crippen LogP contribution in [0.3, 0.4) is 0 Å². The Hall–Kier alpha value is -1.04. The largest absolute Gasteiger partial charge is 0.369 e. The van der Waals surface area contributed by atoms with Crippen LogP contribution in [0.4, 0.5) is 5.82 Å². The number of hydrogen-bond acceptors (Lipinski definition) is 2. The van der Waals surface area contributed by atoms with Crippen LogP contribution in [0, 0.1) is 3.57 Å². The van der Waals surface area contributed by atoms with E-state index in [4.69, 9.17) is 5.10 Å². The first-order chi connectivity index (χ1) is 9.83. The quantitative estimate of drug-likeness (QED) is 0.797. The molecule has 2 heterocycles. The Morgan fingerprint density at radius 3 is 2.65 bits per heavy atom. The van der Waals surface area contributed by atoms with Crippen molar-refractivity contribution in [2.24, 2.45) is 0 Å². The first-order valence-electron chi connectivity index (χ1n) is 7.44. The normalized spacial score (nSPS) is 18.2. The molecule has 1 N–H and O–H groups in total. The topological polar surface area (TPSA) is 29.9 Å². The van der Waals surface area contributed by atoms with Crippen molar-refractivity contribution >= 4 is 28.4 Å². The Morgan fingerprint density at radius 1 is 1.15 bits per heavy atom. The van der Waals surface area contributed by atoms with Crippen LogP contribution >= 0.6 is 22.6 Å². The molecule has 104 valence electrons. The van der Waals surface area contributed by atoms with Crippen LogP contribution in [0.1, 0.15) is 42.9 Å². The Bertz CT molecular complexity index is 624. The van der Waals surface area contributed by atoms with E-state index >= 15 is 0 Å². The fraction of sp³-hybridized carbons (Fsp3) is 0.438. The second-order valence-electron chi connectivity index (χ2n) is 5.76. The lowest BCUT2D eigenvalue weighted by atomic mass is 9.99. The number of hydrogen-bond donors (Lipinski definition) is 1. The molecule has 0 amide bonds. The number of rotatable bonds is 2. The molecule has 0 bridgehead atoms. The van der Waals surface area contributed by atoms with Crippen LogP contribution in [0.25, 0.3) is 5.69 Å². The third-order valence-corrected chi connectivity index (χ3v) is 5.21. The zero-order chi connectivity index (χ0) is 13.5. The summed E-state index contributed by atoms with van der Waals surface area (Å²) in [5, 5.41) is 8.49. The van der Waals surface area contributed by atoms with Crippen LogP contribution in [0.15, 0.2) is 24.3 Å². The van der Waals surface area contributed by atoms with Gasteiger partial charge < -0.3 is 5.32 Å². The SMILES string of the molecule is Ic1ccc(-n2nc(C3CCCC3)c3c2NCC3)cc1. The van der Waals surface area contributed by atoms with Gasteiger partial charge in [0.05, 0.1) is 11.4 Å². The average Bonchev–Trinajstić information content (AvgIpc) is 3.16. The highest BCUT2D eigenvalue weighted by molar-refractivity contribution is 14.1. The van der Waals surface area contributed by atoms with E-state index < -0.39 is 0 Å². The van der Waals surface area contributed by atoms with Crippen LogP contribution in [-0.4, -0.2) is 16.3 Å². The maximum Gasteiger partial charge on any atom is 0.133 e. The van der Waals surface area contributed by atoms with Gasteiger partial charge in [-0.25, -0.2) is 4.68 Å². The number of fused-ring (bicyclic) bond motifs is 1. The lowest BCUT2D eigenvalue weighted by Crippen LogP contribution is -2.06. The second-order valence-corrected chi connectivity index (χ2v) is 7.00. The molecule has 4 heteroatoms. The zero-order valence-corrected chi connectivity index (χ0v) is 13.6. The van der Waals surface area contributed by atoms with Crippen molar-refractivity contribution in [3.05, 3.63) is 39.1 Å². The number of benzene rings is 1. The Balaban J connectivity index is 1.80. The van der Waals surface area contributed by atoms with Crippen molar-refractivity contribution in [1.29, 1.82) is 0 Å². The number of halogens is 1. The molecular formula is C16H18IN3. The van der Waals surface area contributed by atoms with Crippen molar-refractivity contribution in [2.75, 3.05) is 11.9 Å². The molecule has 1 aliphatic heterocycles. The molecule has 0 radical (unpaired) electrons. The maximum absolute atomic E-state index is 4.97. The number of aromatic nitrogens is 2. The highest BCUT2D eigenvalue weighted by Gasteiger charge is 2.29. The smallest absolute Gasteiger partial charge is 0.133 e. The molecule has 0 spiro atoms. The van der Waals surface area contributed by atoms with Crippen molar-refractivity contribution < 1.29 is 0 Å². The highest BCUT2D eigenvalue weighted by Crippen LogP contribution is 2.39. The summed E-state index contributed by atoms with van der Waals surface area (Å²) in [7, 11) is 0. The Morgan fingerprint density at radius 2 is 1.90 bits per heavy atom. The summed E-state index contributed by atoms with van der Waals surface area (Å²) in [6, 6.07) is 8.61. The standard InChI is InChI=1S/C16H18IN3/c17-12-5-7-13(8-6-12)20-16-14(9-10-18-16)15(19-20)11-3-1-2-4-11/h5-8,11,18H,1-4,9-10H2. The van der Waals surface area contributed by atoms with Gasteiger partial charge in [-0.1, -0.05) is 12.8 Å². The van der Waals surface area contributed by atoms with Gasteiger partial charge >= 0.3 is 0 Å². The molecule has 1 aromatic heterocycles. The van der Waals surface area contributed by atoms with Gasteiger partial charge in [0.15, 0.2) is 0 Å². The third kappa shape index (κ3) is 2.05. The van der Waals surface area contributed by atoms with Crippen LogP contribution < -0.4 is 5.32 Å². The van der Waals surface area contributed by atoms with Gasteiger partial charge in [0, 0.05) is 21.6 Å². The number of anilines is 1. The minimum atomic E-state index is 0.689. The van der Waals surface area contributed by atoms with E-state index in [-0.39, 0.29) is 0 Å². The van der Waals surface area contributed by atoms with Gasteiger partial charge in [-0.05, 0) is 66.1 Å². The first-order valence-corrected chi connectivity index (χ1v) is 8.52. The van der Waals surface area contributed by atoms with Gasteiger partial charge in [0.1, 0.15) is 5.82 Å². The van der Waals surface area contributed by atoms with Crippen molar-refractivity contribution in [2.45, 2.75) is 38.0 Å². The molecule has 20 heavy (non-hydrogen) atoms. The van der Waals surface area contributed by atoms with Gasteiger partial charge in [0.2, 0.25) is 0 Å². The minimum Gasteiger partial charge on any atom is -0.369 e.